The zero-order valence-electron chi connectivity index (χ0n) is 12.8. The molecule has 12 heteroatoms. The fraction of sp³-hybridized carbons (Fsp3) is 0.333. The van der Waals surface area contributed by atoms with Crippen LogP contribution in [0.15, 0.2) is 21.9 Å². The van der Waals surface area contributed by atoms with Crippen LogP contribution >= 0.6 is 0 Å². The highest BCUT2D eigenvalue weighted by atomic mass is 32.2. The third-order valence-corrected chi connectivity index (χ3v) is 4.85. The number of pyridine rings is 1. The number of nitrogens with two attached hydrogens (primary N) is 2. The summed E-state index contributed by atoms with van der Waals surface area (Å²) in [7, 11) is -3.79. The molecule has 24 heavy (non-hydrogen) atoms. The monoisotopic (exact) mass is 352 g/mol. The van der Waals surface area contributed by atoms with Gasteiger partial charge in [-0.2, -0.15) is 0 Å². The van der Waals surface area contributed by atoms with Crippen molar-refractivity contribution < 1.29 is 13.0 Å². The summed E-state index contributed by atoms with van der Waals surface area (Å²) in [6.07, 6.45) is 2.74. The summed E-state index contributed by atoms with van der Waals surface area (Å²) in [6, 6.07) is 0. The number of nitrogens with one attached hydrogen (secondary N) is 1. The van der Waals surface area contributed by atoms with Crippen LogP contribution < -0.4 is 16.2 Å². The lowest BCUT2D eigenvalue weighted by atomic mass is 10.4. The number of fused-ring (bicyclic) bond motifs is 1. The quantitative estimate of drug-likeness (QED) is 0.520. The van der Waals surface area contributed by atoms with Gasteiger partial charge in [0.2, 0.25) is 10.0 Å². The number of rotatable bonds is 6. The molecule has 0 fully saturated rings. The predicted octanol–water partition coefficient (Wildman–Crippen LogP) is -0.680. The maximum absolute atomic E-state index is 12.5. The Bertz CT molecular complexity index is 978. The summed E-state index contributed by atoms with van der Waals surface area (Å²) in [5.74, 6) is 0.424. The number of nitrogen functional groups attached to an aromatic ring is 1. The second kappa shape index (κ2) is 6.14. The van der Waals surface area contributed by atoms with Gasteiger partial charge in [-0.05, 0) is 17.2 Å². The van der Waals surface area contributed by atoms with E-state index in [1.165, 1.54) is 12.4 Å². The summed E-state index contributed by atoms with van der Waals surface area (Å²) in [5, 5.41) is 7.26. The molecule has 0 bridgehead atoms. The maximum Gasteiger partial charge on any atom is 0.244 e. The summed E-state index contributed by atoms with van der Waals surface area (Å²) in [4.78, 5) is 8.35. The number of hydrogen-bond donors (Lipinski definition) is 3. The van der Waals surface area contributed by atoms with Crippen molar-refractivity contribution in [3.05, 3.63) is 12.4 Å². The fourth-order valence-corrected chi connectivity index (χ4v) is 3.58. The number of aryl methyl sites for hydroxylation is 1. The van der Waals surface area contributed by atoms with Gasteiger partial charge < -0.3 is 16.0 Å². The van der Waals surface area contributed by atoms with Crippen LogP contribution in [0.5, 0.6) is 0 Å². The molecule has 0 unspecified atom stereocenters. The van der Waals surface area contributed by atoms with E-state index in [1.54, 1.807) is 4.57 Å². The van der Waals surface area contributed by atoms with Crippen LogP contribution in [0.3, 0.4) is 0 Å². The summed E-state index contributed by atoms with van der Waals surface area (Å²) >= 11 is 0. The first-order valence-electron chi connectivity index (χ1n) is 7.12. The number of nitrogens with zero attached hydrogens (tertiary/aromatic N) is 5. The summed E-state index contributed by atoms with van der Waals surface area (Å²) < 4.78 is 33.7. The Hall–Kier alpha value is -2.57. The molecular formula is C12H16N8O3S. The molecule has 0 aliphatic rings. The highest BCUT2D eigenvalue weighted by Gasteiger charge is 2.25. The van der Waals surface area contributed by atoms with Crippen LogP contribution in [0.25, 0.3) is 22.6 Å². The number of hydrogen-bond acceptors (Lipinski definition) is 9. The topological polar surface area (TPSA) is 168 Å². The SMILES string of the molecule is CCn1c(-c2nonc2N)nc2cncc(S(=O)(=O)NCCN)c21. The van der Waals surface area contributed by atoms with Gasteiger partial charge in [-0.1, -0.05) is 0 Å². The van der Waals surface area contributed by atoms with Crippen molar-refractivity contribution in [2.24, 2.45) is 5.73 Å². The molecule has 3 rings (SSSR count). The smallest absolute Gasteiger partial charge is 0.244 e. The first-order valence-corrected chi connectivity index (χ1v) is 8.60. The Morgan fingerprint density at radius 2 is 2.12 bits per heavy atom. The van der Waals surface area contributed by atoms with E-state index >= 15 is 0 Å². The van der Waals surface area contributed by atoms with Gasteiger partial charge in [0.05, 0.1) is 11.7 Å². The molecule has 0 radical (unpaired) electrons. The Kier molecular flexibility index (Phi) is 4.17. The molecule has 0 aromatic carbocycles. The average Bonchev–Trinajstić information content (AvgIpc) is 3.15. The molecule has 0 amide bonds. The Morgan fingerprint density at radius 1 is 1.33 bits per heavy atom. The van der Waals surface area contributed by atoms with Crippen molar-refractivity contribution >= 4 is 26.9 Å². The van der Waals surface area contributed by atoms with Gasteiger partial charge in [0, 0.05) is 25.8 Å². The van der Waals surface area contributed by atoms with E-state index in [2.05, 4.69) is 29.6 Å². The number of aromatic nitrogens is 5. The lowest BCUT2D eigenvalue weighted by Crippen LogP contribution is -2.29. The Balaban J connectivity index is 2.27. The normalized spacial score (nSPS) is 12.1. The number of imidazole rings is 1. The number of anilines is 1. The molecule has 3 aromatic heterocycles. The largest absolute Gasteiger partial charge is 0.379 e. The Morgan fingerprint density at radius 3 is 2.75 bits per heavy atom. The lowest BCUT2D eigenvalue weighted by Gasteiger charge is -2.09. The molecule has 0 atom stereocenters. The van der Waals surface area contributed by atoms with Crippen molar-refractivity contribution in [3.8, 4) is 11.5 Å². The van der Waals surface area contributed by atoms with Gasteiger partial charge in [-0.3, -0.25) is 4.98 Å². The lowest BCUT2D eigenvalue weighted by molar-refractivity contribution is 0.310. The zero-order chi connectivity index (χ0) is 17.3. The molecule has 3 aromatic rings. The van der Waals surface area contributed by atoms with E-state index in [-0.39, 0.29) is 29.5 Å². The van der Waals surface area contributed by atoms with Crippen molar-refractivity contribution in [2.45, 2.75) is 18.4 Å². The molecule has 3 heterocycles. The first-order chi connectivity index (χ1) is 11.5. The van der Waals surface area contributed by atoms with Crippen LogP contribution in [0.4, 0.5) is 5.82 Å². The third kappa shape index (κ3) is 2.60. The fourth-order valence-electron chi connectivity index (χ4n) is 2.36. The van der Waals surface area contributed by atoms with Crippen molar-refractivity contribution in [3.63, 3.8) is 0 Å². The van der Waals surface area contributed by atoms with Gasteiger partial charge in [-0.15, -0.1) is 0 Å². The van der Waals surface area contributed by atoms with Crippen molar-refractivity contribution in [1.82, 2.24) is 29.6 Å². The van der Waals surface area contributed by atoms with Gasteiger partial charge >= 0.3 is 0 Å². The van der Waals surface area contributed by atoms with E-state index in [1.807, 2.05) is 6.92 Å². The van der Waals surface area contributed by atoms with E-state index in [4.69, 9.17) is 11.5 Å². The number of sulfonamides is 1. The van der Waals surface area contributed by atoms with Crippen LogP contribution in [-0.4, -0.2) is 46.4 Å². The second-order valence-corrected chi connectivity index (χ2v) is 6.60. The highest BCUT2D eigenvalue weighted by Crippen LogP contribution is 2.29. The molecular weight excluding hydrogens is 336 g/mol. The highest BCUT2D eigenvalue weighted by molar-refractivity contribution is 7.89. The van der Waals surface area contributed by atoms with Gasteiger partial charge in [0.25, 0.3) is 0 Å². The maximum atomic E-state index is 12.5. The second-order valence-electron chi connectivity index (χ2n) is 4.87. The van der Waals surface area contributed by atoms with E-state index in [9.17, 15) is 8.42 Å². The molecule has 0 saturated carbocycles. The van der Waals surface area contributed by atoms with E-state index in [0.29, 0.717) is 23.4 Å². The first kappa shape index (κ1) is 16.3. The van der Waals surface area contributed by atoms with Gasteiger partial charge in [-0.25, -0.2) is 22.8 Å². The van der Waals surface area contributed by atoms with Crippen LogP contribution in [0, 0.1) is 0 Å². The minimum Gasteiger partial charge on any atom is -0.379 e. The molecule has 0 saturated heterocycles. The van der Waals surface area contributed by atoms with Gasteiger partial charge in [0.1, 0.15) is 10.4 Å². The minimum absolute atomic E-state index is 0.00377. The van der Waals surface area contributed by atoms with Gasteiger partial charge in [0.15, 0.2) is 17.3 Å². The molecule has 0 aliphatic carbocycles. The minimum atomic E-state index is -3.79. The molecule has 128 valence electrons. The van der Waals surface area contributed by atoms with Crippen molar-refractivity contribution in [1.29, 1.82) is 0 Å². The summed E-state index contributed by atoms with van der Waals surface area (Å²) in [6.45, 7) is 2.58. The van der Waals surface area contributed by atoms with Crippen molar-refractivity contribution in [2.75, 3.05) is 18.8 Å². The van der Waals surface area contributed by atoms with E-state index in [0.717, 1.165) is 0 Å². The van der Waals surface area contributed by atoms with E-state index < -0.39 is 10.0 Å². The predicted molar refractivity (Wildman–Crippen MR) is 85.1 cm³/mol. The Labute approximate surface area is 137 Å². The molecule has 5 N–H and O–H groups in total. The van der Waals surface area contributed by atoms with Crippen LogP contribution in [0.1, 0.15) is 6.92 Å². The standard InChI is InChI=1S/C12H16N8O3S/c1-2-20-10-7(17-12(20)9-11(14)19-23-18-9)5-15-6-8(10)24(21,22)16-4-3-13/h5-6,16H,2-4,13H2,1H3,(H2,14,19). The zero-order valence-corrected chi connectivity index (χ0v) is 13.6. The average molecular weight is 352 g/mol. The molecule has 11 nitrogen and oxygen atoms in total. The molecule has 0 spiro atoms. The third-order valence-electron chi connectivity index (χ3n) is 3.38. The van der Waals surface area contributed by atoms with Crippen LogP contribution in [0.2, 0.25) is 0 Å². The molecule has 0 aliphatic heterocycles. The van der Waals surface area contributed by atoms with Crippen LogP contribution in [-0.2, 0) is 16.6 Å². The summed E-state index contributed by atoms with van der Waals surface area (Å²) in [5.41, 5.74) is 12.1.